The number of carbonyl (C=O) groups is 1. The van der Waals surface area contributed by atoms with Gasteiger partial charge in [-0.25, -0.2) is 0 Å². The molecule has 84 valence electrons. The van der Waals surface area contributed by atoms with Gasteiger partial charge in [0.05, 0.1) is 0 Å². The number of nitrogens with zero attached hydrogens (tertiary/aromatic N) is 1. The van der Waals surface area contributed by atoms with Crippen LogP contribution in [0, 0.1) is 0 Å². The van der Waals surface area contributed by atoms with Crippen molar-refractivity contribution in [2.45, 2.75) is 6.04 Å². The Morgan fingerprint density at radius 2 is 1.88 bits per heavy atom. The van der Waals surface area contributed by atoms with Gasteiger partial charge in [-0.05, 0) is 23.6 Å². The minimum atomic E-state index is 0.0184. The summed E-state index contributed by atoms with van der Waals surface area (Å²) in [4.78, 5) is 14.9. The second-order valence-corrected chi connectivity index (χ2v) is 4.93. The zero-order chi connectivity index (χ0) is 11.8. The Balaban J connectivity index is 1.99. The molecule has 1 aromatic heterocycles. The zero-order valence-electron chi connectivity index (χ0n) is 9.17. The van der Waals surface area contributed by atoms with Crippen molar-refractivity contribution in [2.24, 2.45) is 0 Å². The molecule has 1 fully saturated rings. The molecule has 1 atom stereocenters. The van der Waals surface area contributed by atoms with E-state index in [0.717, 1.165) is 5.69 Å². The van der Waals surface area contributed by atoms with Gasteiger partial charge in [0.1, 0.15) is 6.04 Å². The smallest absolute Gasteiger partial charge is 0.256 e. The van der Waals surface area contributed by atoms with Crippen LogP contribution < -0.4 is 4.90 Å². The quantitative estimate of drug-likeness (QED) is 0.583. The maximum atomic E-state index is 11.9. The number of β-lactam (4-membered cyclic amide) rings is 1. The van der Waals surface area contributed by atoms with Crippen LogP contribution in [0.5, 0.6) is 0 Å². The normalized spacial score (nSPS) is 19.3. The first-order valence-corrected chi connectivity index (χ1v) is 6.28. The fourth-order valence-corrected chi connectivity index (χ4v) is 2.93. The molecule has 1 saturated heterocycles. The highest BCUT2D eigenvalue weighted by Gasteiger charge is 2.42. The highest BCUT2D eigenvalue weighted by atomic mass is 32.1. The van der Waals surface area contributed by atoms with E-state index in [1.165, 1.54) is 4.88 Å². The van der Waals surface area contributed by atoms with Crippen molar-refractivity contribution in [2.75, 3.05) is 4.90 Å². The Bertz CT molecular complexity index is 559. The topological polar surface area (TPSA) is 20.3 Å². The predicted octanol–water partition coefficient (Wildman–Crippen LogP) is 3.39. The molecule has 3 heteroatoms. The first-order valence-electron chi connectivity index (χ1n) is 5.40. The molecule has 0 N–H and O–H groups in total. The number of anilines is 1. The van der Waals surface area contributed by atoms with E-state index in [-0.39, 0.29) is 11.9 Å². The van der Waals surface area contributed by atoms with Crippen LogP contribution in [0.15, 0.2) is 60.0 Å². The van der Waals surface area contributed by atoms with E-state index in [1.807, 2.05) is 47.8 Å². The van der Waals surface area contributed by atoms with Crippen molar-refractivity contribution in [3.05, 3.63) is 64.9 Å². The second kappa shape index (κ2) is 3.86. The van der Waals surface area contributed by atoms with E-state index in [0.29, 0.717) is 5.57 Å². The third-order valence-corrected chi connectivity index (χ3v) is 3.85. The molecule has 1 aliphatic heterocycles. The van der Waals surface area contributed by atoms with E-state index in [1.54, 1.807) is 16.2 Å². The van der Waals surface area contributed by atoms with Crippen LogP contribution in [-0.2, 0) is 4.79 Å². The van der Waals surface area contributed by atoms with Gasteiger partial charge in [0.15, 0.2) is 0 Å². The summed E-state index contributed by atoms with van der Waals surface area (Å²) in [6.07, 6.45) is 0. The lowest BCUT2D eigenvalue weighted by atomic mass is 9.93. The molecule has 0 bridgehead atoms. The largest absolute Gasteiger partial charge is 0.296 e. The monoisotopic (exact) mass is 241 g/mol. The maximum Gasteiger partial charge on any atom is 0.256 e. The lowest BCUT2D eigenvalue weighted by Crippen LogP contribution is -2.48. The number of para-hydroxylation sites is 1. The highest BCUT2D eigenvalue weighted by molar-refractivity contribution is 7.10. The van der Waals surface area contributed by atoms with Gasteiger partial charge in [0.25, 0.3) is 5.91 Å². The minimum Gasteiger partial charge on any atom is -0.296 e. The van der Waals surface area contributed by atoms with Crippen LogP contribution in [0.3, 0.4) is 0 Å². The molecule has 0 spiro atoms. The standard InChI is InChI=1S/C14H11NOS/c1-10-13(12-8-5-9-17-12)15(14(10)16)11-6-3-2-4-7-11/h2-9,13H,1H2/t13-/m1/s1. The maximum absolute atomic E-state index is 11.9. The number of hydrogen-bond donors (Lipinski definition) is 0. The van der Waals surface area contributed by atoms with Crippen molar-refractivity contribution in [3.63, 3.8) is 0 Å². The fraction of sp³-hybridized carbons (Fsp3) is 0.0714. The second-order valence-electron chi connectivity index (χ2n) is 3.95. The summed E-state index contributed by atoms with van der Waals surface area (Å²) in [5.74, 6) is 0.0228. The van der Waals surface area contributed by atoms with Gasteiger partial charge >= 0.3 is 0 Å². The summed E-state index contributed by atoms with van der Waals surface area (Å²) in [6.45, 7) is 3.87. The Hall–Kier alpha value is -1.87. The van der Waals surface area contributed by atoms with Crippen LogP contribution in [0.1, 0.15) is 10.9 Å². The van der Waals surface area contributed by atoms with Crippen LogP contribution in [0.25, 0.3) is 0 Å². The van der Waals surface area contributed by atoms with E-state index < -0.39 is 0 Å². The molecule has 2 aromatic rings. The number of rotatable bonds is 2. The molecule has 1 amide bonds. The number of hydrogen-bond acceptors (Lipinski definition) is 2. The first kappa shape index (κ1) is 10.3. The molecular weight excluding hydrogens is 230 g/mol. The zero-order valence-corrected chi connectivity index (χ0v) is 9.98. The van der Waals surface area contributed by atoms with E-state index in [2.05, 4.69) is 6.58 Å². The van der Waals surface area contributed by atoms with Crippen LogP contribution >= 0.6 is 11.3 Å². The fourth-order valence-electron chi connectivity index (χ4n) is 2.08. The SMILES string of the molecule is C=C1C(=O)N(c2ccccc2)[C@H]1c1cccs1. The summed E-state index contributed by atoms with van der Waals surface area (Å²) in [5, 5.41) is 2.02. The van der Waals surface area contributed by atoms with Crippen LogP contribution in [0.2, 0.25) is 0 Å². The van der Waals surface area contributed by atoms with Gasteiger partial charge in [0, 0.05) is 16.1 Å². The third kappa shape index (κ3) is 1.51. The van der Waals surface area contributed by atoms with Crippen LogP contribution in [-0.4, -0.2) is 5.91 Å². The number of amides is 1. The van der Waals surface area contributed by atoms with Crippen molar-refractivity contribution >= 4 is 22.9 Å². The minimum absolute atomic E-state index is 0.0184. The van der Waals surface area contributed by atoms with Gasteiger partial charge in [-0.1, -0.05) is 30.8 Å². The summed E-state index contributed by atoms with van der Waals surface area (Å²) in [7, 11) is 0. The Morgan fingerprint density at radius 1 is 1.12 bits per heavy atom. The van der Waals surface area contributed by atoms with E-state index in [9.17, 15) is 4.79 Å². The molecular formula is C14H11NOS. The number of benzene rings is 1. The molecule has 17 heavy (non-hydrogen) atoms. The van der Waals surface area contributed by atoms with Crippen molar-refractivity contribution in [1.82, 2.24) is 0 Å². The van der Waals surface area contributed by atoms with Gasteiger partial charge in [-0.15, -0.1) is 11.3 Å². The molecule has 0 radical (unpaired) electrons. The molecule has 0 unspecified atom stereocenters. The van der Waals surface area contributed by atoms with E-state index >= 15 is 0 Å². The molecule has 2 heterocycles. The van der Waals surface area contributed by atoms with Crippen LogP contribution in [0.4, 0.5) is 5.69 Å². The van der Waals surface area contributed by atoms with Gasteiger partial charge in [-0.3, -0.25) is 9.69 Å². The average Bonchev–Trinajstić information content (AvgIpc) is 2.88. The highest BCUT2D eigenvalue weighted by Crippen LogP contribution is 2.43. The predicted molar refractivity (Wildman–Crippen MR) is 70.1 cm³/mol. The average molecular weight is 241 g/mol. The number of thiophene rings is 1. The summed E-state index contributed by atoms with van der Waals surface area (Å²) >= 11 is 1.66. The third-order valence-electron chi connectivity index (χ3n) is 2.93. The van der Waals surface area contributed by atoms with Gasteiger partial charge < -0.3 is 0 Å². The molecule has 0 saturated carbocycles. The van der Waals surface area contributed by atoms with E-state index in [4.69, 9.17) is 0 Å². The molecule has 0 aliphatic carbocycles. The Labute approximate surface area is 104 Å². The lowest BCUT2D eigenvalue weighted by molar-refractivity contribution is -0.118. The van der Waals surface area contributed by atoms with Crippen molar-refractivity contribution < 1.29 is 4.79 Å². The Morgan fingerprint density at radius 3 is 2.53 bits per heavy atom. The molecule has 2 nitrogen and oxygen atoms in total. The lowest BCUT2D eigenvalue weighted by Gasteiger charge is -2.41. The van der Waals surface area contributed by atoms with Crippen molar-refractivity contribution in [3.8, 4) is 0 Å². The number of carbonyl (C=O) groups excluding carboxylic acids is 1. The summed E-state index contributed by atoms with van der Waals surface area (Å²) in [5.41, 5.74) is 1.61. The first-order chi connectivity index (χ1) is 8.29. The molecule has 1 aliphatic rings. The molecule has 3 rings (SSSR count). The molecule has 1 aromatic carbocycles. The van der Waals surface area contributed by atoms with Gasteiger partial charge in [-0.2, -0.15) is 0 Å². The van der Waals surface area contributed by atoms with Gasteiger partial charge in [0.2, 0.25) is 0 Å². The Kier molecular flexibility index (Phi) is 2.34. The summed E-state index contributed by atoms with van der Waals surface area (Å²) in [6, 6.07) is 13.8. The summed E-state index contributed by atoms with van der Waals surface area (Å²) < 4.78 is 0. The van der Waals surface area contributed by atoms with Crippen molar-refractivity contribution in [1.29, 1.82) is 0 Å².